The Bertz CT molecular complexity index is 1130. The number of carbonyl (C=O) groups excluding carboxylic acids is 1. The number of benzene rings is 3. The van der Waals surface area contributed by atoms with E-state index in [0.29, 0.717) is 22.4 Å². The first-order chi connectivity index (χ1) is 15.6. The van der Waals surface area contributed by atoms with Crippen LogP contribution in [0.1, 0.15) is 17.5 Å². The van der Waals surface area contributed by atoms with Crippen molar-refractivity contribution >= 4 is 46.0 Å². The average Bonchev–Trinajstić information content (AvgIpc) is 3.08. The molecular weight excluding hydrogens is 438 g/mol. The molecule has 0 radical (unpaired) electrons. The Labute approximate surface area is 197 Å². The van der Waals surface area contributed by atoms with Gasteiger partial charge in [-0.05, 0) is 55.0 Å². The minimum Gasteiger partial charge on any atom is -0.493 e. The van der Waals surface area contributed by atoms with Gasteiger partial charge in [-0.3, -0.25) is 9.69 Å². The molecule has 1 aliphatic heterocycles. The van der Waals surface area contributed by atoms with Crippen molar-refractivity contribution in [1.82, 2.24) is 0 Å². The van der Waals surface area contributed by atoms with Crippen molar-refractivity contribution in [3.8, 4) is 11.5 Å². The molecule has 32 heavy (non-hydrogen) atoms. The Balaban J connectivity index is 1.32. The Morgan fingerprint density at radius 2 is 1.62 bits per heavy atom. The van der Waals surface area contributed by atoms with Gasteiger partial charge in [-0.2, -0.15) is 0 Å². The maximum Gasteiger partial charge on any atom is 0.270 e. The van der Waals surface area contributed by atoms with Gasteiger partial charge < -0.3 is 9.47 Å². The first-order valence-corrected chi connectivity index (χ1v) is 11.6. The number of aryl methyl sites for hydroxylation is 1. The molecular formula is C26H23NO3S2. The molecule has 1 fully saturated rings. The highest BCUT2D eigenvalue weighted by Gasteiger charge is 2.33. The molecule has 0 saturated carbocycles. The summed E-state index contributed by atoms with van der Waals surface area (Å²) in [5, 5.41) is 0. The standard InChI is InChI=1S/C26H23NO3S2/c1-19-11-13-22(14-12-19)29-15-6-16-30-23-10-5-7-20(17-23)18-24-25(28)27(26(31)32-24)21-8-3-2-4-9-21/h2-5,7-14,17-18H,6,15-16H2,1H3/b24-18-. The number of anilines is 1. The highest BCUT2D eigenvalue weighted by atomic mass is 32.2. The number of carbonyl (C=O) groups is 1. The Morgan fingerprint density at radius 3 is 2.38 bits per heavy atom. The summed E-state index contributed by atoms with van der Waals surface area (Å²) in [6, 6.07) is 25.2. The minimum absolute atomic E-state index is 0.106. The Hall–Kier alpha value is -3.09. The lowest BCUT2D eigenvalue weighted by atomic mass is 10.2. The summed E-state index contributed by atoms with van der Waals surface area (Å²) >= 11 is 6.75. The van der Waals surface area contributed by atoms with Crippen molar-refractivity contribution in [2.24, 2.45) is 0 Å². The van der Waals surface area contributed by atoms with Gasteiger partial charge >= 0.3 is 0 Å². The molecule has 162 valence electrons. The molecule has 4 rings (SSSR count). The quantitative estimate of drug-likeness (QED) is 0.225. The van der Waals surface area contributed by atoms with E-state index in [2.05, 4.69) is 6.92 Å². The van der Waals surface area contributed by atoms with Gasteiger partial charge in [-0.1, -0.05) is 72.0 Å². The molecule has 4 nitrogen and oxygen atoms in total. The van der Waals surface area contributed by atoms with Crippen molar-refractivity contribution in [2.75, 3.05) is 18.1 Å². The molecule has 0 aromatic heterocycles. The fourth-order valence-corrected chi connectivity index (χ4v) is 4.49. The molecule has 0 aliphatic carbocycles. The highest BCUT2D eigenvalue weighted by Crippen LogP contribution is 2.36. The predicted octanol–water partition coefficient (Wildman–Crippen LogP) is 6.25. The zero-order chi connectivity index (χ0) is 22.3. The molecule has 3 aromatic carbocycles. The van der Waals surface area contributed by atoms with Crippen LogP contribution >= 0.6 is 24.0 Å². The normalized spacial score (nSPS) is 14.8. The fraction of sp³-hybridized carbons (Fsp3) is 0.154. The second-order valence-electron chi connectivity index (χ2n) is 7.29. The van der Waals surface area contributed by atoms with E-state index in [9.17, 15) is 4.79 Å². The molecule has 1 amide bonds. The maximum absolute atomic E-state index is 12.9. The zero-order valence-corrected chi connectivity index (χ0v) is 19.3. The largest absolute Gasteiger partial charge is 0.493 e. The topological polar surface area (TPSA) is 38.8 Å². The van der Waals surface area contributed by atoms with Crippen LogP contribution in [0.15, 0.2) is 83.8 Å². The van der Waals surface area contributed by atoms with E-state index in [1.165, 1.54) is 17.3 Å². The molecule has 0 atom stereocenters. The highest BCUT2D eigenvalue weighted by molar-refractivity contribution is 8.27. The van der Waals surface area contributed by atoms with Gasteiger partial charge in [0.1, 0.15) is 11.5 Å². The van der Waals surface area contributed by atoms with E-state index in [4.69, 9.17) is 21.7 Å². The van der Waals surface area contributed by atoms with Crippen LogP contribution in [0, 0.1) is 6.92 Å². The summed E-state index contributed by atoms with van der Waals surface area (Å²) in [5.74, 6) is 1.52. The van der Waals surface area contributed by atoms with E-state index in [0.717, 1.165) is 29.2 Å². The summed E-state index contributed by atoms with van der Waals surface area (Å²) in [6.45, 7) is 3.19. The molecule has 0 spiro atoms. The van der Waals surface area contributed by atoms with Crippen LogP contribution in [-0.2, 0) is 4.79 Å². The monoisotopic (exact) mass is 461 g/mol. The van der Waals surface area contributed by atoms with Crippen molar-refractivity contribution in [3.05, 3.63) is 94.9 Å². The van der Waals surface area contributed by atoms with Crippen LogP contribution in [0.25, 0.3) is 6.08 Å². The molecule has 0 N–H and O–H groups in total. The average molecular weight is 462 g/mol. The lowest BCUT2D eigenvalue weighted by molar-refractivity contribution is -0.113. The number of para-hydroxylation sites is 1. The second-order valence-corrected chi connectivity index (χ2v) is 8.96. The molecule has 3 aromatic rings. The third-order valence-electron chi connectivity index (χ3n) is 4.81. The predicted molar refractivity (Wildman–Crippen MR) is 135 cm³/mol. The van der Waals surface area contributed by atoms with Crippen molar-refractivity contribution < 1.29 is 14.3 Å². The van der Waals surface area contributed by atoms with E-state index < -0.39 is 0 Å². The number of thioether (sulfide) groups is 1. The summed E-state index contributed by atoms with van der Waals surface area (Å²) in [6.07, 6.45) is 2.63. The van der Waals surface area contributed by atoms with Gasteiger partial charge in [0.15, 0.2) is 4.32 Å². The number of nitrogens with zero attached hydrogens (tertiary/aromatic N) is 1. The van der Waals surface area contributed by atoms with Crippen LogP contribution in [0.2, 0.25) is 0 Å². The molecule has 1 heterocycles. The van der Waals surface area contributed by atoms with Crippen molar-refractivity contribution in [3.63, 3.8) is 0 Å². The van der Waals surface area contributed by atoms with Gasteiger partial charge in [0.25, 0.3) is 5.91 Å². The third-order valence-corrected chi connectivity index (χ3v) is 6.11. The van der Waals surface area contributed by atoms with Crippen molar-refractivity contribution in [2.45, 2.75) is 13.3 Å². The molecule has 1 saturated heterocycles. The molecule has 6 heteroatoms. The van der Waals surface area contributed by atoms with Crippen LogP contribution in [0.3, 0.4) is 0 Å². The molecule has 1 aliphatic rings. The van der Waals surface area contributed by atoms with Crippen LogP contribution in [-0.4, -0.2) is 23.4 Å². The van der Waals surface area contributed by atoms with E-state index in [1.807, 2.05) is 84.9 Å². The van der Waals surface area contributed by atoms with Gasteiger partial charge in [0.05, 0.1) is 23.8 Å². The van der Waals surface area contributed by atoms with Gasteiger partial charge in [0, 0.05) is 6.42 Å². The van der Waals surface area contributed by atoms with Crippen molar-refractivity contribution in [1.29, 1.82) is 0 Å². The third kappa shape index (κ3) is 5.58. The summed E-state index contributed by atoms with van der Waals surface area (Å²) in [7, 11) is 0. The molecule has 0 unspecified atom stereocenters. The minimum atomic E-state index is -0.106. The number of thiocarbonyl (C=S) groups is 1. The molecule has 0 bridgehead atoms. The van der Waals surface area contributed by atoms with Crippen LogP contribution < -0.4 is 14.4 Å². The smallest absolute Gasteiger partial charge is 0.270 e. The number of ether oxygens (including phenoxy) is 2. The summed E-state index contributed by atoms with van der Waals surface area (Å²) < 4.78 is 12.1. The first kappa shape index (κ1) is 22.1. The van der Waals surface area contributed by atoms with E-state index in [-0.39, 0.29) is 5.91 Å². The first-order valence-electron chi connectivity index (χ1n) is 10.4. The second kappa shape index (κ2) is 10.5. The maximum atomic E-state index is 12.9. The van der Waals surface area contributed by atoms with Gasteiger partial charge in [-0.15, -0.1) is 0 Å². The Kier molecular flexibility index (Phi) is 7.24. The van der Waals surface area contributed by atoms with Gasteiger partial charge in [0.2, 0.25) is 0 Å². The van der Waals surface area contributed by atoms with Gasteiger partial charge in [-0.25, -0.2) is 0 Å². The van der Waals surface area contributed by atoms with Crippen LogP contribution in [0.4, 0.5) is 5.69 Å². The SMILES string of the molecule is Cc1ccc(OCCCOc2cccc(/C=C3\SC(=S)N(c4ccccc4)C3=O)c2)cc1. The zero-order valence-electron chi connectivity index (χ0n) is 17.7. The lowest BCUT2D eigenvalue weighted by Gasteiger charge is -2.13. The fourth-order valence-electron chi connectivity index (χ4n) is 3.19. The number of rotatable bonds is 8. The van der Waals surface area contributed by atoms with E-state index in [1.54, 1.807) is 4.90 Å². The summed E-state index contributed by atoms with van der Waals surface area (Å²) in [4.78, 5) is 15.1. The summed E-state index contributed by atoms with van der Waals surface area (Å²) in [5.41, 5.74) is 2.89. The lowest BCUT2D eigenvalue weighted by Crippen LogP contribution is -2.27. The number of hydrogen-bond acceptors (Lipinski definition) is 5. The van der Waals surface area contributed by atoms with E-state index >= 15 is 0 Å². The number of amides is 1. The van der Waals surface area contributed by atoms with Crippen LogP contribution in [0.5, 0.6) is 11.5 Å². The Morgan fingerprint density at radius 1 is 0.906 bits per heavy atom. The number of hydrogen-bond donors (Lipinski definition) is 0.